The summed E-state index contributed by atoms with van der Waals surface area (Å²) in [6.45, 7) is 12.7. The van der Waals surface area contributed by atoms with E-state index in [0.717, 1.165) is 44.8 Å². The van der Waals surface area contributed by atoms with Crippen LogP contribution in [0.15, 0.2) is 113 Å². The third kappa shape index (κ3) is 4.93. The van der Waals surface area contributed by atoms with Gasteiger partial charge in [-0.1, -0.05) is 139 Å². The quantitative estimate of drug-likeness (QED) is 0.357. The minimum Gasteiger partial charge on any atom is -0.289 e. The molecule has 5 rings (SSSR count). The number of allylic oxidation sites excluding steroid dienone is 4. The lowest BCUT2D eigenvalue weighted by molar-refractivity contribution is -0.114. The molecule has 0 saturated heterocycles. The van der Waals surface area contributed by atoms with Crippen LogP contribution in [0.1, 0.15) is 69.7 Å². The summed E-state index contributed by atoms with van der Waals surface area (Å²) in [6.07, 6.45) is 4.30. The van der Waals surface area contributed by atoms with E-state index < -0.39 is 0 Å². The zero-order valence-electron chi connectivity index (χ0n) is 23.1. The first-order chi connectivity index (χ1) is 18.0. The highest BCUT2D eigenvalue weighted by atomic mass is 16.1. The largest absolute Gasteiger partial charge is 0.289 e. The summed E-state index contributed by atoms with van der Waals surface area (Å²) in [5.74, 6) is 0.804. The van der Waals surface area contributed by atoms with E-state index in [0.29, 0.717) is 5.84 Å². The lowest BCUT2D eigenvalue weighted by Gasteiger charge is -2.33. The monoisotopic (exact) mass is 499 g/mol. The second-order valence-corrected chi connectivity index (χ2v) is 12.1. The van der Waals surface area contributed by atoms with Crippen molar-refractivity contribution in [1.29, 1.82) is 0 Å². The van der Waals surface area contributed by atoms with Gasteiger partial charge in [0, 0.05) is 33.8 Å². The Bertz CT molecular complexity index is 1460. The van der Waals surface area contributed by atoms with Crippen molar-refractivity contribution in [2.45, 2.75) is 47.5 Å². The second kappa shape index (κ2) is 9.72. The van der Waals surface area contributed by atoms with Crippen LogP contribution in [0.5, 0.6) is 0 Å². The molecule has 0 atom stereocenters. The van der Waals surface area contributed by atoms with Crippen molar-refractivity contribution < 1.29 is 4.79 Å². The van der Waals surface area contributed by atoms with Gasteiger partial charge in [-0.25, -0.2) is 10.3 Å². The summed E-state index contributed by atoms with van der Waals surface area (Å²) >= 11 is 0. The highest BCUT2D eigenvalue weighted by Gasteiger charge is 2.36. The van der Waals surface area contributed by atoms with Gasteiger partial charge in [0.25, 0.3) is 0 Å². The molecule has 0 unspecified atom stereocenters. The second-order valence-electron chi connectivity index (χ2n) is 12.1. The van der Waals surface area contributed by atoms with Gasteiger partial charge in [-0.2, -0.15) is 0 Å². The fourth-order valence-electron chi connectivity index (χ4n) is 5.11. The van der Waals surface area contributed by atoms with E-state index in [1.807, 2.05) is 42.5 Å². The van der Waals surface area contributed by atoms with Gasteiger partial charge in [0.2, 0.25) is 0 Å². The number of carbonyl (C=O) groups is 1. The molecule has 0 fully saturated rings. The molecule has 3 aromatic rings. The van der Waals surface area contributed by atoms with Crippen LogP contribution in [-0.4, -0.2) is 11.6 Å². The van der Waals surface area contributed by atoms with E-state index in [4.69, 9.17) is 10.3 Å². The third-order valence-electron chi connectivity index (χ3n) is 7.11. The van der Waals surface area contributed by atoms with Crippen molar-refractivity contribution in [2.75, 3.05) is 0 Å². The smallest absolute Gasteiger partial charge is 0.185 e. The first-order valence-corrected chi connectivity index (χ1v) is 13.3. The Balaban J connectivity index is 1.63. The number of carbonyl (C=O) groups excluding carboxylic acids is 1. The molecule has 0 amide bonds. The zero-order chi connectivity index (χ0) is 27.1. The maximum Gasteiger partial charge on any atom is 0.185 e. The average Bonchev–Trinajstić information content (AvgIpc) is 3.34. The SMILES string of the molecule is CC(C)(C)C1=CC(c2ccccc2C2=NC(c3ccccc3)=C(c3ccccc3)[N]2)C=C(C(C)(C)C)C1=O. The number of Topliss-reactive ketones (excluding diaryl/α,β-unsaturated/α-hetero) is 1. The summed E-state index contributed by atoms with van der Waals surface area (Å²) in [5.41, 5.74) is 7.12. The Labute approximate surface area is 226 Å². The molecule has 0 N–H and O–H groups in total. The first-order valence-electron chi connectivity index (χ1n) is 13.3. The zero-order valence-corrected chi connectivity index (χ0v) is 23.1. The molecule has 38 heavy (non-hydrogen) atoms. The number of rotatable bonds is 4. The Kier molecular flexibility index (Phi) is 6.56. The molecular formula is C35H35N2O. The van der Waals surface area contributed by atoms with Crippen molar-refractivity contribution in [3.63, 3.8) is 0 Å². The van der Waals surface area contributed by atoms with Gasteiger partial charge >= 0.3 is 0 Å². The molecule has 3 aromatic carbocycles. The van der Waals surface area contributed by atoms with Crippen LogP contribution in [0.25, 0.3) is 11.4 Å². The van der Waals surface area contributed by atoms with Gasteiger partial charge in [-0.3, -0.25) is 4.79 Å². The minimum absolute atomic E-state index is 0.0498. The van der Waals surface area contributed by atoms with Crippen molar-refractivity contribution in [2.24, 2.45) is 15.8 Å². The molecule has 0 spiro atoms. The molecule has 1 radical (unpaired) electrons. The molecule has 1 heterocycles. The third-order valence-corrected chi connectivity index (χ3v) is 7.11. The normalized spacial score (nSPS) is 16.7. The maximum absolute atomic E-state index is 13.6. The van der Waals surface area contributed by atoms with Gasteiger partial charge in [0.1, 0.15) is 0 Å². The van der Waals surface area contributed by atoms with Gasteiger partial charge in [0.05, 0.1) is 11.4 Å². The molecular weight excluding hydrogens is 464 g/mol. The number of aliphatic imine (C=N–C) groups is 1. The topological polar surface area (TPSA) is 43.5 Å². The highest BCUT2D eigenvalue weighted by Crippen LogP contribution is 2.43. The minimum atomic E-state index is -0.257. The molecule has 0 bridgehead atoms. The predicted molar refractivity (Wildman–Crippen MR) is 158 cm³/mol. The number of amidine groups is 1. The number of nitrogens with zero attached hydrogens (tertiary/aromatic N) is 2. The molecule has 1 aliphatic heterocycles. The standard InChI is InChI=1S/C35H35N2O/c1-34(2,3)28-21-25(22-29(32(28)38)35(4,5)6)26-19-13-14-20-27(26)33-36-30(23-15-9-7-10-16-23)31(37-33)24-17-11-8-12-18-24/h7-22,25H,1-6H3. The molecule has 2 aliphatic rings. The van der Waals surface area contributed by atoms with Crippen molar-refractivity contribution >= 4 is 23.0 Å². The van der Waals surface area contributed by atoms with E-state index in [-0.39, 0.29) is 22.5 Å². The average molecular weight is 500 g/mol. The van der Waals surface area contributed by atoms with E-state index >= 15 is 0 Å². The van der Waals surface area contributed by atoms with E-state index in [9.17, 15) is 4.79 Å². The van der Waals surface area contributed by atoms with Crippen molar-refractivity contribution in [3.05, 3.63) is 130 Å². The van der Waals surface area contributed by atoms with Gasteiger partial charge < -0.3 is 0 Å². The van der Waals surface area contributed by atoms with Crippen LogP contribution in [0.4, 0.5) is 0 Å². The summed E-state index contributed by atoms with van der Waals surface area (Å²) in [6, 6.07) is 28.8. The van der Waals surface area contributed by atoms with E-state index in [1.54, 1.807) is 0 Å². The van der Waals surface area contributed by atoms with Crippen LogP contribution in [0.2, 0.25) is 0 Å². The highest BCUT2D eigenvalue weighted by molar-refractivity contribution is 6.15. The molecule has 0 aromatic heterocycles. The summed E-state index contributed by atoms with van der Waals surface area (Å²) in [4.78, 5) is 18.7. The van der Waals surface area contributed by atoms with Gasteiger partial charge in [0.15, 0.2) is 11.6 Å². The predicted octanol–water partition coefficient (Wildman–Crippen LogP) is 8.19. The van der Waals surface area contributed by atoms with Crippen LogP contribution >= 0.6 is 0 Å². The summed E-state index contributed by atoms with van der Waals surface area (Å²) in [7, 11) is 0. The molecule has 3 nitrogen and oxygen atoms in total. The number of hydrogen-bond acceptors (Lipinski definition) is 2. The maximum atomic E-state index is 13.6. The Morgan fingerprint density at radius 1 is 0.605 bits per heavy atom. The Morgan fingerprint density at radius 2 is 1.08 bits per heavy atom. The van der Waals surface area contributed by atoms with Gasteiger partial charge in [-0.05, 0) is 16.4 Å². The van der Waals surface area contributed by atoms with E-state index in [1.165, 1.54) is 0 Å². The molecule has 3 heteroatoms. The van der Waals surface area contributed by atoms with Crippen LogP contribution in [0, 0.1) is 10.8 Å². The van der Waals surface area contributed by atoms with Crippen LogP contribution < -0.4 is 5.32 Å². The number of hydrogen-bond donors (Lipinski definition) is 0. The summed E-state index contributed by atoms with van der Waals surface area (Å²) < 4.78 is 0. The fraction of sp³-hybridized carbons (Fsp3) is 0.257. The molecule has 0 saturated carbocycles. The summed E-state index contributed by atoms with van der Waals surface area (Å²) in [5, 5.41) is 5.11. The number of benzene rings is 3. The molecule has 1 aliphatic carbocycles. The van der Waals surface area contributed by atoms with E-state index in [2.05, 4.69) is 96.2 Å². The fourth-order valence-corrected chi connectivity index (χ4v) is 5.11. The van der Waals surface area contributed by atoms with Gasteiger partial charge in [-0.15, -0.1) is 0 Å². The Hall–Kier alpha value is -3.98. The lowest BCUT2D eigenvalue weighted by Crippen LogP contribution is -2.29. The van der Waals surface area contributed by atoms with Crippen LogP contribution in [-0.2, 0) is 4.79 Å². The van der Waals surface area contributed by atoms with Crippen LogP contribution in [0.3, 0.4) is 0 Å². The van der Waals surface area contributed by atoms with Crippen molar-refractivity contribution in [1.82, 2.24) is 5.32 Å². The lowest BCUT2D eigenvalue weighted by atomic mass is 9.69. The molecule has 191 valence electrons. The number of ketones is 1. The first kappa shape index (κ1) is 25.7. The van der Waals surface area contributed by atoms with Crippen molar-refractivity contribution in [3.8, 4) is 0 Å². The Morgan fingerprint density at radius 3 is 1.61 bits per heavy atom.